The van der Waals surface area contributed by atoms with Gasteiger partial charge in [0.25, 0.3) is 5.84 Å². The Labute approximate surface area is 137 Å². The molecule has 1 atom stereocenters. The molecular weight excluding hydrogens is 316 g/mol. The van der Waals surface area contributed by atoms with Crippen LogP contribution in [0.2, 0.25) is 5.02 Å². The number of ether oxygens (including phenoxy) is 1. The Kier molecular flexibility index (Phi) is 3.11. The summed E-state index contributed by atoms with van der Waals surface area (Å²) in [6, 6.07) is 5.53. The highest BCUT2D eigenvalue weighted by Crippen LogP contribution is 2.35. The molecule has 0 N–H and O–H groups in total. The summed E-state index contributed by atoms with van der Waals surface area (Å²) in [6.07, 6.45) is 6.53. The van der Waals surface area contributed by atoms with Crippen LogP contribution in [0.3, 0.4) is 0 Å². The van der Waals surface area contributed by atoms with Crippen LogP contribution in [0.1, 0.15) is 18.2 Å². The number of hydrogen-bond acceptors (Lipinski definition) is 4. The normalized spacial score (nSPS) is 21.0. The molecule has 1 unspecified atom stereocenters. The van der Waals surface area contributed by atoms with Crippen LogP contribution in [0.15, 0.2) is 48.1 Å². The van der Waals surface area contributed by atoms with E-state index in [2.05, 4.69) is 9.98 Å². The lowest BCUT2D eigenvalue weighted by Crippen LogP contribution is -2.50. The number of imidazole rings is 1. The minimum Gasteiger partial charge on any atom is -0.420 e. The van der Waals surface area contributed by atoms with E-state index in [9.17, 15) is 4.79 Å². The molecule has 6 nitrogen and oxygen atoms in total. The van der Waals surface area contributed by atoms with Crippen LogP contribution in [-0.2, 0) is 11.3 Å². The van der Waals surface area contributed by atoms with Gasteiger partial charge in [0.15, 0.2) is 0 Å². The van der Waals surface area contributed by atoms with Gasteiger partial charge in [0.2, 0.25) is 0 Å². The molecule has 0 saturated heterocycles. The number of carbonyl (C=O) groups excluding carboxylic acids is 1. The molecule has 1 amide bonds. The van der Waals surface area contributed by atoms with Gasteiger partial charge in [-0.15, -0.1) is 4.48 Å². The van der Waals surface area contributed by atoms with Gasteiger partial charge in [-0.25, -0.2) is 4.98 Å². The molecule has 7 heteroatoms. The fraction of sp³-hybridized carbons (Fsp3) is 0.188. The van der Waals surface area contributed by atoms with E-state index in [4.69, 9.17) is 16.3 Å². The summed E-state index contributed by atoms with van der Waals surface area (Å²) in [5, 5.41) is 0.617. The fourth-order valence-corrected chi connectivity index (χ4v) is 3.23. The molecule has 116 valence electrons. The third kappa shape index (κ3) is 1.95. The number of halogens is 1. The lowest BCUT2D eigenvalue weighted by atomic mass is 10.1. The standard InChI is InChI=1S/C16H14ClN4O2/c1-2-23-16(22)21-6-5-19-15(21)13-4-3-11(17)7-14(13)20-10-18-8-12(20)9-21/h3-8,10H,2,9H2,1H3/q+1. The van der Waals surface area contributed by atoms with Crippen molar-refractivity contribution in [3.63, 3.8) is 0 Å². The van der Waals surface area contributed by atoms with Gasteiger partial charge < -0.3 is 4.74 Å². The molecule has 0 spiro atoms. The zero-order valence-corrected chi connectivity index (χ0v) is 13.2. The van der Waals surface area contributed by atoms with Gasteiger partial charge in [0.1, 0.15) is 12.7 Å². The van der Waals surface area contributed by atoms with Crippen LogP contribution in [0, 0.1) is 0 Å². The lowest BCUT2D eigenvalue weighted by molar-refractivity contribution is -0.723. The minimum absolute atomic E-state index is 0.103. The molecule has 0 radical (unpaired) electrons. The van der Waals surface area contributed by atoms with Crippen LogP contribution >= 0.6 is 11.6 Å². The average molecular weight is 330 g/mol. The maximum absolute atomic E-state index is 12.7. The maximum atomic E-state index is 12.7. The summed E-state index contributed by atoms with van der Waals surface area (Å²) in [4.78, 5) is 21.4. The molecule has 2 aliphatic rings. The van der Waals surface area contributed by atoms with Crippen LogP contribution in [-0.4, -0.2) is 32.6 Å². The number of amides is 1. The molecular formula is C16H14ClN4O2+. The van der Waals surface area contributed by atoms with E-state index in [-0.39, 0.29) is 10.6 Å². The number of benzene rings is 1. The van der Waals surface area contributed by atoms with Crippen LogP contribution in [0.25, 0.3) is 5.69 Å². The second-order valence-electron chi connectivity index (χ2n) is 5.39. The number of aliphatic imine (C=N–C) groups is 1. The molecule has 2 aromatic rings. The first-order chi connectivity index (χ1) is 11.2. The highest BCUT2D eigenvalue weighted by Gasteiger charge is 2.49. The van der Waals surface area contributed by atoms with Crippen molar-refractivity contribution in [1.82, 2.24) is 9.55 Å². The third-order valence-electron chi connectivity index (χ3n) is 4.08. The molecule has 0 saturated carbocycles. The number of fused-ring (bicyclic) bond motifs is 5. The molecule has 1 aromatic heterocycles. The summed E-state index contributed by atoms with van der Waals surface area (Å²) in [5.74, 6) is 0.638. The maximum Gasteiger partial charge on any atom is 0.527 e. The van der Waals surface area contributed by atoms with E-state index in [1.807, 2.05) is 16.7 Å². The number of carbonyl (C=O) groups is 1. The molecule has 3 heterocycles. The quantitative estimate of drug-likeness (QED) is 0.755. The van der Waals surface area contributed by atoms with Crippen molar-refractivity contribution < 1.29 is 14.0 Å². The number of quaternary nitrogens is 1. The Balaban J connectivity index is 1.99. The monoisotopic (exact) mass is 329 g/mol. The summed E-state index contributed by atoms with van der Waals surface area (Å²) < 4.78 is 7.15. The molecule has 1 aromatic carbocycles. The zero-order valence-electron chi connectivity index (χ0n) is 12.4. The number of hydrogen-bond donors (Lipinski definition) is 0. The summed E-state index contributed by atoms with van der Waals surface area (Å²) in [5.41, 5.74) is 2.58. The Morgan fingerprint density at radius 1 is 1.48 bits per heavy atom. The van der Waals surface area contributed by atoms with Crippen molar-refractivity contribution in [3.8, 4) is 5.69 Å². The summed E-state index contributed by atoms with van der Waals surface area (Å²) >= 11 is 6.17. The van der Waals surface area contributed by atoms with Crippen molar-refractivity contribution in [2.24, 2.45) is 4.99 Å². The summed E-state index contributed by atoms with van der Waals surface area (Å²) in [7, 11) is 0. The number of rotatable bonds is 1. The number of nitrogens with zero attached hydrogens (tertiary/aromatic N) is 4. The Bertz CT molecular complexity index is 871. The summed E-state index contributed by atoms with van der Waals surface area (Å²) in [6.45, 7) is 2.50. The van der Waals surface area contributed by atoms with Crippen LogP contribution in [0.5, 0.6) is 0 Å². The van der Waals surface area contributed by atoms with E-state index < -0.39 is 0 Å². The smallest absolute Gasteiger partial charge is 0.420 e. The first-order valence-electron chi connectivity index (χ1n) is 7.28. The fourth-order valence-electron chi connectivity index (χ4n) is 3.06. The van der Waals surface area contributed by atoms with Gasteiger partial charge in [0, 0.05) is 5.02 Å². The van der Waals surface area contributed by atoms with Gasteiger partial charge in [-0.05, 0) is 25.1 Å². The Morgan fingerprint density at radius 3 is 3.17 bits per heavy atom. The Hall–Kier alpha value is -2.44. The van der Waals surface area contributed by atoms with Crippen LogP contribution < -0.4 is 0 Å². The Morgan fingerprint density at radius 2 is 2.35 bits per heavy atom. The lowest BCUT2D eigenvalue weighted by Gasteiger charge is -2.26. The molecule has 0 bridgehead atoms. The predicted octanol–water partition coefficient (Wildman–Crippen LogP) is 3.24. The third-order valence-corrected chi connectivity index (χ3v) is 4.31. The van der Waals surface area contributed by atoms with Crippen molar-refractivity contribution in [3.05, 3.63) is 59.4 Å². The van der Waals surface area contributed by atoms with Gasteiger partial charge >= 0.3 is 6.09 Å². The number of amidine groups is 1. The van der Waals surface area contributed by atoms with E-state index in [1.165, 1.54) is 0 Å². The SMILES string of the molecule is CCOC(=O)[N+]12C=CN=C1c1ccc(Cl)cc1-n1cncc1C2. The minimum atomic E-state index is -0.351. The highest BCUT2D eigenvalue weighted by atomic mass is 35.5. The number of aromatic nitrogens is 2. The van der Waals surface area contributed by atoms with Gasteiger partial charge in [-0.2, -0.15) is 9.79 Å². The second-order valence-corrected chi connectivity index (χ2v) is 5.83. The molecule has 0 fully saturated rings. The second kappa shape index (κ2) is 5.04. The molecule has 4 rings (SSSR count). The van der Waals surface area contributed by atoms with Gasteiger partial charge in [-0.1, -0.05) is 11.6 Å². The van der Waals surface area contributed by atoms with E-state index in [0.717, 1.165) is 16.9 Å². The van der Waals surface area contributed by atoms with Gasteiger partial charge in [0.05, 0.1) is 42.3 Å². The zero-order chi connectivity index (χ0) is 16.0. The topological polar surface area (TPSA) is 56.5 Å². The van der Waals surface area contributed by atoms with E-state index in [1.54, 1.807) is 37.9 Å². The predicted molar refractivity (Wildman–Crippen MR) is 85.2 cm³/mol. The average Bonchev–Trinajstić information content (AvgIpc) is 3.14. The largest absolute Gasteiger partial charge is 0.527 e. The van der Waals surface area contributed by atoms with Crippen molar-refractivity contribution in [2.75, 3.05) is 6.61 Å². The van der Waals surface area contributed by atoms with E-state index >= 15 is 0 Å². The van der Waals surface area contributed by atoms with Crippen molar-refractivity contribution in [2.45, 2.75) is 13.5 Å². The first-order valence-corrected chi connectivity index (χ1v) is 7.66. The first kappa shape index (κ1) is 14.2. The van der Waals surface area contributed by atoms with Crippen molar-refractivity contribution >= 4 is 23.5 Å². The molecule has 2 aliphatic heterocycles. The molecule has 0 aliphatic carbocycles. The van der Waals surface area contributed by atoms with Gasteiger partial charge in [-0.3, -0.25) is 4.57 Å². The highest BCUT2D eigenvalue weighted by molar-refractivity contribution is 6.31. The van der Waals surface area contributed by atoms with Crippen LogP contribution in [0.4, 0.5) is 4.79 Å². The van der Waals surface area contributed by atoms with Crippen molar-refractivity contribution in [1.29, 1.82) is 0 Å². The molecule has 23 heavy (non-hydrogen) atoms. The van der Waals surface area contributed by atoms with E-state index in [0.29, 0.717) is 24.0 Å².